The molecule has 0 aliphatic carbocycles. The Balaban J connectivity index is 1.91. The average Bonchev–Trinajstić information content (AvgIpc) is 3.07. The summed E-state index contributed by atoms with van der Waals surface area (Å²) in [5, 5.41) is 0. The van der Waals surface area contributed by atoms with Crippen LogP contribution in [0.2, 0.25) is 0 Å². The molecule has 0 spiro atoms. The monoisotopic (exact) mass is 463 g/mol. The maximum absolute atomic E-state index is 13.2. The summed E-state index contributed by atoms with van der Waals surface area (Å²) in [5.41, 5.74) is 5.35. The Hall–Kier alpha value is -3.34. The molecule has 3 rings (SSSR count). The molecule has 32 heavy (non-hydrogen) atoms. The molecule has 0 radical (unpaired) electrons. The molecule has 0 atom stereocenters. The van der Waals surface area contributed by atoms with Crippen LogP contribution < -0.4 is 10.5 Å². The Morgan fingerprint density at radius 1 is 1.12 bits per heavy atom. The van der Waals surface area contributed by atoms with Crippen molar-refractivity contribution in [1.29, 1.82) is 0 Å². The summed E-state index contributed by atoms with van der Waals surface area (Å²) in [4.78, 5) is 37.8. The van der Waals surface area contributed by atoms with E-state index in [4.69, 9.17) is 14.9 Å². The van der Waals surface area contributed by atoms with Crippen molar-refractivity contribution in [3.63, 3.8) is 0 Å². The van der Waals surface area contributed by atoms with Gasteiger partial charge in [-0.2, -0.15) is 0 Å². The number of hydrogen-bond donors (Lipinski definition) is 2. The number of sulfonamides is 1. The third-order valence-corrected chi connectivity index (χ3v) is 6.97. The van der Waals surface area contributed by atoms with Gasteiger partial charge in [-0.05, 0) is 38.8 Å². The van der Waals surface area contributed by atoms with Crippen molar-refractivity contribution in [3.05, 3.63) is 46.9 Å². The lowest BCUT2D eigenvalue weighted by molar-refractivity contribution is -0.123. The van der Waals surface area contributed by atoms with E-state index in [1.54, 1.807) is 17.0 Å². The van der Waals surface area contributed by atoms with Crippen LogP contribution in [0.1, 0.15) is 45.1 Å². The van der Waals surface area contributed by atoms with Gasteiger partial charge in [-0.25, -0.2) is 13.2 Å². The molecule has 0 saturated carbocycles. The minimum atomic E-state index is -4.29. The molecule has 1 aliphatic heterocycles. The van der Waals surface area contributed by atoms with Gasteiger partial charge in [-0.15, -0.1) is 0 Å². The number of carbonyl (C=O) groups is 3. The molecule has 2 aromatic rings. The van der Waals surface area contributed by atoms with Crippen LogP contribution in [0, 0.1) is 19.8 Å². The number of anilines is 1. The largest absolute Gasteiger partial charge is 0.465 e. The summed E-state index contributed by atoms with van der Waals surface area (Å²) < 4.78 is 38.8. The van der Waals surface area contributed by atoms with Crippen LogP contribution >= 0.6 is 0 Å². The van der Waals surface area contributed by atoms with Crippen LogP contribution in [0.4, 0.5) is 5.69 Å². The third-order valence-electron chi connectivity index (χ3n) is 5.45. The van der Waals surface area contributed by atoms with Gasteiger partial charge >= 0.3 is 5.97 Å². The summed E-state index contributed by atoms with van der Waals surface area (Å²) >= 11 is 0. The molecule has 11 heteroatoms. The fourth-order valence-corrected chi connectivity index (χ4v) is 5.30. The molecule has 1 saturated heterocycles. The highest BCUT2D eigenvalue weighted by Crippen LogP contribution is 2.30. The van der Waals surface area contributed by atoms with E-state index in [1.807, 2.05) is 0 Å². The Labute approximate surface area is 185 Å². The number of aryl methyl sites for hydroxylation is 2. The van der Waals surface area contributed by atoms with Crippen molar-refractivity contribution in [2.24, 2.45) is 11.7 Å². The molecule has 3 N–H and O–H groups in total. The SMILES string of the molecule is COC(=O)c1c(C)oc(C)c1S(=O)(=O)Nc1ccccc1C(=O)N1CCC(C(N)=O)CC1. The maximum Gasteiger partial charge on any atom is 0.342 e. The van der Waals surface area contributed by atoms with Gasteiger partial charge in [0.15, 0.2) is 0 Å². The Bertz CT molecular complexity index is 1160. The Morgan fingerprint density at radius 3 is 2.34 bits per heavy atom. The predicted molar refractivity (Wildman–Crippen MR) is 115 cm³/mol. The second kappa shape index (κ2) is 9.03. The highest BCUT2D eigenvalue weighted by Gasteiger charge is 2.33. The molecule has 2 amide bonds. The predicted octanol–water partition coefficient (Wildman–Crippen LogP) is 1.82. The first kappa shape index (κ1) is 23.3. The topological polar surface area (TPSA) is 149 Å². The molecule has 10 nitrogen and oxygen atoms in total. The van der Waals surface area contributed by atoms with Gasteiger partial charge in [-0.1, -0.05) is 12.1 Å². The highest BCUT2D eigenvalue weighted by molar-refractivity contribution is 7.92. The number of piperidine rings is 1. The molecule has 1 fully saturated rings. The van der Waals surface area contributed by atoms with Gasteiger partial charge in [-0.3, -0.25) is 14.3 Å². The number of nitrogens with one attached hydrogen (secondary N) is 1. The molecular weight excluding hydrogens is 438 g/mol. The second-order valence-electron chi connectivity index (χ2n) is 7.53. The number of rotatable bonds is 6. The number of methoxy groups -OCH3 is 1. The van der Waals surface area contributed by atoms with Gasteiger partial charge in [0, 0.05) is 19.0 Å². The van der Waals surface area contributed by atoms with Crippen molar-refractivity contribution < 1.29 is 32.0 Å². The van der Waals surface area contributed by atoms with E-state index in [0.29, 0.717) is 25.9 Å². The van der Waals surface area contributed by atoms with Gasteiger partial charge in [0.2, 0.25) is 5.91 Å². The smallest absolute Gasteiger partial charge is 0.342 e. The second-order valence-corrected chi connectivity index (χ2v) is 9.15. The number of ether oxygens (including phenoxy) is 1. The molecule has 1 aromatic heterocycles. The number of primary amides is 1. The summed E-state index contributed by atoms with van der Waals surface area (Å²) in [6.45, 7) is 3.56. The molecule has 172 valence electrons. The lowest BCUT2D eigenvalue weighted by atomic mass is 9.96. The zero-order chi connectivity index (χ0) is 23.6. The van der Waals surface area contributed by atoms with Crippen LogP contribution in [0.25, 0.3) is 0 Å². The van der Waals surface area contributed by atoms with Crippen LogP contribution in [-0.2, 0) is 19.6 Å². The van der Waals surface area contributed by atoms with Gasteiger partial charge in [0.1, 0.15) is 22.0 Å². The first-order valence-corrected chi connectivity index (χ1v) is 11.4. The molecule has 2 heterocycles. The molecule has 0 bridgehead atoms. The number of hydrogen-bond acceptors (Lipinski definition) is 7. The van der Waals surface area contributed by atoms with Gasteiger partial charge in [0.25, 0.3) is 15.9 Å². The highest BCUT2D eigenvalue weighted by atomic mass is 32.2. The van der Waals surface area contributed by atoms with E-state index < -0.39 is 21.9 Å². The zero-order valence-electron chi connectivity index (χ0n) is 18.0. The van der Waals surface area contributed by atoms with E-state index in [9.17, 15) is 22.8 Å². The van der Waals surface area contributed by atoms with Crippen molar-refractivity contribution >= 4 is 33.5 Å². The minimum absolute atomic E-state index is 0.0210. The standard InChI is InChI=1S/C21H25N3O7S/c1-12-17(21(27)30-3)18(13(2)31-12)32(28,29)23-16-7-5-4-6-15(16)20(26)24-10-8-14(9-11-24)19(22)25/h4-7,14,23H,8-11H2,1-3H3,(H2,22,25). The number of carbonyl (C=O) groups excluding carboxylic acids is 3. The molecule has 1 aliphatic rings. The summed E-state index contributed by atoms with van der Waals surface area (Å²) in [7, 11) is -3.15. The van der Waals surface area contributed by atoms with Crippen LogP contribution in [-0.4, -0.2) is 51.3 Å². The number of benzene rings is 1. The number of esters is 1. The first-order valence-electron chi connectivity index (χ1n) is 9.95. The number of para-hydroxylation sites is 1. The van der Waals surface area contributed by atoms with Crippen LogP contribution in [0.15, 0.2) is 33.6 Å². The summed E-state index contributed by atoms with van der Waals surface area (Å²) in [5.74, 6) is -1.76. The van der Waals surface area contributed by atoms with E-state index in [2.05, 4.69) is 4.72 Å². The van der Waals surface area contributed by atoms with Crippen molar-refractivity contribution in [2.75, 3.05) is 24.9 Å². The average molecular weight is 464 g/mol. The first-order chi connectivity index (χ1) is 15.1. The van der Waals surface area contributed by atoms with E-state index in [0.717, 1.165) is 7.11 Å². The number of furan rings is 1. The number of nitrogens with zero attached hydrogens (tertiary/aromatic N) is 1. The number of amides is 2. The molecule has 1 aromatic carbocycles. The Morgan fingerprint density at radius 2 is 1.75 bits per heavy atom. The van der Waals surface area contributed by atoms with Crippen molar-refractivity contribution in [1.82, 2.24) is 4.90 Å². The summed E-state index contributed by atoms with van der Waals surface area (Å²) in [6, 6.07) is 6.17. The number of nitrogens with two attached hydrogens (primary N) is 1. The van der Waals surface area contributed by atoms with E-state index >= 15 is 0 Å². The molecule has 0 unspecified atom stereocenters. The zero-order valence-corrected chi connectivity index (χ0v) is 18.8. The third kappa shape index (κ3) is 4.47. The van der Waals surface area contributed by atoms with Gasteiger partial charge < -0.3 is 19.8 Å². The van der Waals surface area contributed by atoms with Crippen molar-refractivity contribution in [3.8, 4) is 0 Å². The summed E-state index contributed by atoms with van der Waals surface area (Å²) in [6.07, 6.45) is 0.899. The van der Waals surface area contributed by atoms with Crippen LogP contribution in [0.3, 0.4) is 0 Å². The van der Waals surface area contributed by atoms with Gasteiger partial charge in [0.05, 0.1) is 18.4 Å². The Kier molecular flexibility index (Phi) is 6.58. The lowest BCUT2D eigenvalue weighted by Gasteiger charge is -2.31. The fourth-order valence-electron chi connectivity index (χ4n) is 3.82. The van der Waals surface area contributed by atoms with Crippen LogP contribution in [0.5, 0.6) is 0 Å². The van der Waals surface area contributed by atoms with E-state index in [1.165, 1.54) is 26.0 Å². The van der Waals surface area contributed by atoms with E-state index in [-0.39, 0.29) is 45.1 Å². The maximum atomic E-state index is 13.2. The minimum Gasteiger partial charge on any atom is -0.465 e. The van der Waals surface area contributed by atoms with Crippen molar-refractivity contribution in [2.45, 2.75) is 31.6 Å². The molecular formula is C21H25N3O7S. The normalized spacial score (nSPS) is 14.8. The number of likely N-dealkylation sites (tertiary alicyclic amines) is 1. The fraction of sp³-hybridized carbons (Fsp3) is 0.381. The lowest BCUT2D eigenvalue weighted by Crippen LogP contribution is -2.42. The quantitative estimate of drug-likeness (QED) is 0.621.